The number of urea groups is 1. The highest BCUT2D eigenvalue weighted by Gasteiger charge is 2.24. The maximum atomic E-state index is 13.5. The van der Waals surface area contributed by atoms with E-state index in [4.69, 9.17) is 41.8 Å². The standard InChI is InChI=1S/C26H27Cl2N3O6/c1-17-3-6-20(37-17)14-31(13-18-4-8-23-24(11-18)36-16-35-23)25(32)15-30(9-10-34-2)26(33)29-19-5-7-21(27)22(28)12-19/h3-8,11-12H,9-10,13-16H2,1-2H3,(H,29,33). The second-order valence-electron chi connectivity index (χ2n) is 8.42. The number of halogens is 2. The number of furan rings is 1. The summed E-state index contributed by atoms with van der Waals surface area (Å²) in [5.41, 5.74) is 1.31. The van der Waals surface area contributed by atoms with Gasteiger partial charge in [-0.2, -0.15) is 0 Å². The Labute approximate surface area is 224 Å². The summed E-state index contributed by atoms with van der Waals surface area (Å²) in [7, 11) is 1.53. The summed E-state index contributed by atoms with van der Waals surface area (Å²) in [6.45, 7) is 2.79. The second-order valence-corrected chi connectivity index (χ2v) is 9.24. The van der Waals surface area contributed by atoms with E-state index in [0.29, 0.717) is 33.0 Å². The summed E-state index contributed by atoms with van der Waals surface area (Å²) in [6, 6.07) is 13.5. The molecule has 3 aromatic rings. The molecule has 0 fully saturated rings. The van der Waals surface area contributed by atoms with Gasteiger partial charge in [0, 0.05) is 25.9 Å². The van der Waals surface area contributed by atoms with Gasteiger partial charge in [0.2, 0.25) is 12.7 Å². The second kappa shape index (κ2) is 12.2. The fourth-order valence-corrected chi connectivity index (χ4v) is 4.04. The van der Waals surface area contributed by atoms with Crippen molar-refractivity contribution in [2.24, 2.45) is 0 Å². The van der Waals surface area contributed by atoms with E-state index in [0.717, 1.165) is 11.3 Å². The number of hydrogen-bond donors (Lipinski definition) is 1. The number of anilines is 1. The van der Waals surface area contributed by atoms with Gasteiger partial charge in [0.15, 0.2) is 11.5 Å². The van der Waals surface area contributed by atoms with Crippen molar-refractivity contribution in [3.63, 3.8) is 0 Å². The third kappa shape index (κ3) is 7.09. The van der Waals surface area contributed by atoms with E-state index in [1.165, 1.54) is 12.0 Å². The van der Waals surface area contributed by atoms with Gasteiger partial charge in [-0.3, -0.25) is 4.79 Å². The number of rotatable bonds is 10. The summed E-state index contributed by atoms with van der Waals surface area (Å²) in [5.74, 6) is 2.39. The van der Waals surface area contributed by atoms with Crippen molar-refractivity contribution in [2.45, 2.75) is 20.0 Å². The Hall–Kier alpha value is -3.40. The highest BCUT2D eigenvalue weighted by atomic mass is 35.5. The molecule has 196 valence electrons. The largest absolute Gasteiger partial charge is 0.464 e. The fraction of sp³-hybridized carbons (Fsp3) is 0.308. The number of fused-ring (bicyclic) bond motifs is 1. The first-order valence-corrected chi connectivity index (χ1v) is 12.3. The number of methoxy groups -OCH3 is 1. The average molecular weight is 548 g/mol. The van der Waals surface area contributed by atoms with Gasteiger partial charge < -0.3 is 33.7 Å². The van der Waals surface area contributed by atoms with Crippen molar-refractivity contribution in [1.82, 2.24) is 9.80 Å². The average Bonchev–Trinajstić information content (AvgIpc) is 3.51. The molecule has 37 heavy (non-hydrogen) atoms. The van der Waals surface area contributed by atoms with E-state index < -0.39 is 6.03 Å². The Morgan fingerprint density at radius 2 is 1.78 bits per heavy atom. The van der Waals surface area contributed by atoms with Crippen LogP contribution in [0.4, 0.5) is 10.5 Å². The minimum absolute atomic E-state index is 0.162. The number of carbonyl (C=O) groups excluding carboxylic acids is 2. The number of benzene rings is 2. The molecule has 0 atom stereocenters. The molecule has 1 N–H and O–H groups in total. The van der Waals surface area contributed by atoms with Crippen molar-refractivity contribution in [3.8, 4) is 11.5 Å². The zero-order chi connectivity index (χ0) is 26.4. The zero-order valence-electron chi connectivity index (χ0n) is 20.5. The summed E-state index contributed by atoms with van der Waals surface area (Å²) in [4.78, 5) is 29.6. The molecule has 1 aliphatic heterocycles. The highest BCUT2D eigenvalue weighted by Crippen LogP contribution is 2.33. The molecule has 1 aliphatic rings. The topological polar surface area (TPSA) is 93.5 Å². The lowest BCUT2D eigenvalue weighted by Crippen LogP contribution is -2.45. The summed E-state index contributed by atoms with van der Waals surface area (Å²) in [6.07, 6.45) is 0. The monoisotopic (exact) mass is 547 g/mol. The first-order chi connectivity index (χ1) is 17.8. The maximum Gasteiger partial charge on any atom is 0.322 e. The van der Waals surface area contributed by atoms with Crippen LogP contribution in [0.15, 0.2) is 52.9 Å². The molecule has 0 unspecified atom stereocenters. The molecule has 0 spiro atoms. The SMILES string of the molecule is COCCN(CC(=O)N(Cc1ccc2c(c1)OCO2)Cc1ccc(C)o1)C(=O)Nc1ccc(Cl)c(Cl)c1. The minimum Gasteiger partial charge on any atom is -0.464 e. The van der Waals surface area contributed by atoms with Crippen LogP contribution in [-0.2, 0) is 22.6 Å². The summed E-state index contributed by atoms with van der Waals surface area (Å²) >= 11 is 12.0. The van der Waals surface area contributed by atoms with Gasteiger partial charge in [0.1, 0.15) is 18.1 Å². The van der Waals surface area contributed by atoms with Gasteiger partial charge in [-0.15, -0.1) is 0 Å². The van der Waals surface area contributed by atoms with E-state index >= 15 is 0 Å². The molecule has 2 heterocycles. The maximum absolute atomic E-state index is 13.5. The van der Waals surface area contributed by atoms with Gasteiger partial charge in [0.05, 0.1) is 23.2 Å². The molecule has 0 radical (unpaired) electrons. The lowest BCUT2D eigenvalue weighted by atomic mass is 10.2. The molecule has 9 nitrogen and oxygen atoms in total. The Kier molecular flexibility index (Phi) is 8.81. The molecule has 11 heteroatoms. The van der Waals surface area contributed by atoms with Gasteiger partial charge in [-0.25, -0.2) is 4.79 Å². The summed E-state index contributed by atoms with van der Waals surface area (Å²) < 4.78 is 21.7. The molecular weight excluding hydrogens is 521 g/mol. The van der Waals surface area contributed by atoms with Crippen LogP contribution in [-0.4, -0.2) is 55.3 Å². The first kappa shape index (κ1) is 26.7. The molecule has 0 aliphatic carbocycles. The van der Waals surface area contributed by atoms with Gasteiger partial charge in [-0.05, 0) is 55.0 Å². The van der Waals surface area contributed by atoms with Crippen LogP contribution in [0.2, 0.25) is 10.0 Å². The first-order valence-electron chi connectivity index (χ1n) is 11.5. The molecule has 1 aromatic heterocycles. The molecule has 0 saturated carbocycles. The molecule has 0 bridgehead atoms. The smallest absolute Gasteiger partial charge is 0.322 e. The van der Waals surface area contributed by atoms with E-state index in [1.807, 2.05) is 37.3 Å². The third-order valence-corrected chi connectivity index (χ3v) is 6.39. The quantitative estimate of drug-likeness (QED) is 0.368. The van der Waals surface area contributed by atoms with Crippen molar-refractivity contribution in [1.29, 1.82) is 0 Å². The van der Waals surface area contributed by atoms with Gasteiger partial charge >= 0.3 is 6.03 Å². The van der Waals surface area contributed by atoms with Crippen molar-refractivity contribution < 1.29 is 28.2 Å². The number of carbonyl (C=O) groups is 2. The number of nitrogens with one attached hydrogen (secondary N) is 1. The molecular formula is C26H27Cl2N3O6. The predicted molar refractivity (Wildman–Crippen MR) is 139 cm³/mol. The highest BCUT2D eigenvalue weighted by molar-refractivity contribution is 6.42. The van der Waals surface area contributed by atoms with Crippen LogP contribution in [0.1, 0.15) is 17.1 Å². The Balaban J connectivity index is 1.51. The van der Waals surface area contributed by atoms with Gasteiger partial charge in [0.25, 0.3) is 0 Å². The molecule has 0 saturated heterocycles. The van der Waals surface area contributed by atoms with Crippen LogP contribution >= 0.6 is 23.2 Å². The number of aryl methyl sites for hydroxylation is 1. The van der Waals surface area contributed by atoms with Crippen LogP contribution in [0.25, 0.3) is 0 Å². The van der Waals surface area contributed by atoms with Crippen molar-refractivity contribution in [3.05, 3.63) is 75.7 Å². The zero-order valence-corrected chi connectivity index (χ0v) is 22.0. The number of ether oxygens (including phenoxy) is 3. The fourth-order valence-electron chi connectivity index (χ4n) is 3.74. The van der Waals surface area contributed by atoms with Gasteiger partial charge in [-0.1, -0.05) is 29.3 Å². The van der Waals surface area contributed by atoms with E-state index in [-0.39, 0.29) is 45.5 Å². The Bertz CT molecular complexity index is 1260. The van der Waals surface area contributed by atoms with Crippen molar-refractivity contribution in [2.75, 3.05) is 38.9 Å². The third-order valence-electron chi connectivity index (χ3n) is 5.66. The van der Waals surface area contributed by atoms with E-state index in [9.17, 15) is 9.59 Å². The Morgan fingerprint density at radius 1 is 0.973 bits per heavy atom. The van der Waals surface area contributed by atoms with Crippen molar-refractivity contribution >= 4 is 40.8 Å². The number of amides is 3. The van der Waals surface area contributed by atoms with Crippen LogP contribution < -0.4 is 14.8 Å². The number of nitrogens with zero attached hydrogens (tertiary/aromatic N) is 2. The minimum atomic E-state index is -0.472. The van der Waals surface area contributed by atoms with Crippen LogP contribution in [0, 0.1) is 6.92 Å². The normalized spacial score (nSPS) is 11.9. The molecule has 2 aromatic carbocycles. The number of hydrogen-bond acceptors (Lipinski definition) is 6. The van der Waals surface area contributed by atoms with E-state index in [2.05, 4.69) is 5.32 Å². The van der Waals surface area contributed by atoms with E-state index in [1.54, 1.807) is 23.1 Å². The lowest BCUT2D eigenvalue weighted by molar-refractivity contribution is -0.133. The molecule has 3 amide bonds. The Morgan fingerprint density at radius 3 is 2.51 bits per heavy atom. The van der Waals surface area contributed by atoms with Crippen LogP contribution in [0.3, 0.4) is 0 Å². The predicted octanol–water partition coefficient (Wildman–Crippen LogP) is 5.33. The van der Waals surface area contributed by atoms with Crippen LogP contribution in [0.5, 0.6) is 11.5 Å². The lowest BCUT2D eigenvalue weighted by Gasteiger charge is -2.27. The molecule has 4 rings (SSSR count). The summed E-state index contributed by atoms with van der Waals surface area (Å²) in [5, 5.41) is 3.44.